The average molecular weight is 204 g/mol. The van der Waals surface area contributed by atoms with E-state index < -0.39 is 0 Å². The van der Waals surface area contributed by atoms with Crippen molar-refractivity contribution in [3.63, 3.8) is 0 Å². The molecule has 1 aromatic carbocycles. The zero-order valence-electron chi connectivity index (χ0n) is 9.16. The van der Waals surface area contributed by atoms with Crippen LogP contribution in [0.2, 0.25) is 0 Å². The van der Waals surface area contributed by atoms with Crippen molar-refractivity contribution in [2.24, 2.45) is 0 Å². The lowest BCUT2D eigenvalue weighted by atomic mass is 10.0. The minimum Gasteiger partial charge on any atom is -0.378 e. The van der Waals surface area contributed by atoms with Crippen LogP contribution in [0.1, 0.15) is 18.0 Å². The van der Waals surface area contributed by atoms with Crippen LogP contribution in [0.25, 0.3) is 0 Å². The lowest BCUT2D eigenvalue weighted by molar-refractivity contribution is -0.118. The van der Waals surface area contributed by atoms with E-state index in [-0.39, 0.29) is 6.04 Å². The normalized spacial score (nSPS) is 20.7. The highest BCUT2D eigenvalue weighted by atomic mass is 16.1. The van der Waals surface area contributed by atoms with E-state index >= 15 is 0 Å². The molecule has 2 rings (SSSR count). The Hall–Kier alpha value is -1.35. The fraction of sp³-hybridized carbons (Fsp3) is 0.417. The molecule has 0 amide bonds. The quantitative estimate of drug-likeness (QED) is 0.789. The molecule has 3 nitrogen and oxygen atoms in total. The molecule has 1 aliphatic heterocycles. The molecular weight excluding hydrogens is 188 g/mol. The zero-order chi connectivity index (χ0) is 10.8. The van der Waals surface area contributed by atoms with Crippen LogP contribution in [-0.4, -0.2) is 26.4 Å². The molecular formula is C12H16N2O. The van der Waals surface area contributed by atoms with Crippen LogP contribution in [-0.2, 0) is 4.79 Å². The summed E-state index contributed by atoms with van der Waals surface area (Å²) in [5.41, 5.74) is 2.23. The number of ketones is 1. The summed E-state index contributed by atoms with van der Waals surface area (Å²) in [6.07, 6.45) is 0.653. The minimum atomic E-state index is -0.0822. The summed E-state index contributed by atoms with van der Waals surface area (Å²) in [6.45, 7) is 0.804. The minimum absolute atomic E-state index is 0.0822. The first-order chi connectivity index (χ1) is 7.18. The molecule has 1 fully saturated rings. The van der Waals surface area contributed by atoms with Gasteiger partial charge < -0.3 is 10.2 Å². The Morgan fingerprint density at radius 1 is 1.27 bits per heavy atom. The molecule has 1 saturated heterocycles. The molecule has 0 spiro atoms. The second-order valence-electron chi connectivity index (χ2n) is 4.09. The number of carbonyl (C=O) groups is 1. The van der Waals surface area contributed by atoms with Crippen molar-refractivity contribution in [2.75, 3.05) is 25.5 Å². The van der Waals surface area contributed by atoms with E-state index in [1.54, 1.807) is 0 Å². The summed E-state index contributed by atoms with van der Waals surface area (Å²) in [5.74, 6) is 0.299. The Kier molecular flexibility index (Phi) is 2.73. The molecule has 15 heavy (non-hydrogen) atoms. The van der Waals surface area contributed by atoms with Crippen LogP contribution in [0, 0.1) is 0 Å². The topological polar surface area (TPSA) is 32.3 Å². The van der Waals surface area contributed by atoms with Gasteiger partial charge in [-0.1, -0.05) is 12.1 Å². The Balaban J connectivity index is 2.19. The van der Waals surface area contributed by atoms with Gasteiger partial charge in [-0.15, -0.1) is 0 Å². The maximum Gasteiger partial charge on any atom is 0.155 e. The molecule has 0 radical (unpaired) electrons. The summed E-state index contributed by atoms with van der Waals surface area (Å²) in [4.78, 5) is 13.6. The number of Topliss-reactive ketones (excluding diaryl/α,β-unsaturated/α-hetero) is 1. The molecule has 1 atom stereocenters. The fourth-order valence-corrected chi connectivity index (χ4v) is 1.87. The van der Waals surface area contributed by atoms with E-state index in [9.17, 15) is 4.79 Å². The highest BCUT2D eigenvalue weighted by Crippen LogP contribution is 2.22. The van der Waals surface area contributed by atoms with Gasteiger partial charge in [-0.2, -0.15) is 0 Å². The summed E-state index contributed by atoms with van der Waals surface area (Å²) < 4.78 is 0. The number of anilines is 1. The van der Waals surface area contributed by atoms with Crippen LogP contribution >= 0.6 is 0 Å². The van der Waals surface area contributed by atoms with E-state index in [4.69, 9.17) is 0 Å². The summed E-state index contributed by atoms with van der Waals surface area (Å²) in [7, 11) is 4.02. The van der Waals surface area contributed by atoms with Gasteiger partial charge >= 0.3 is 0 Å². The van der Waals surface area contributed by atoms with Crippen LogP contribution in [0.3, 0.4) is 0 Å². The number of nitrogens with one attached hydrogen (secondary N) is 1. The number of benzene rings is 1. The predicted molar refractivity (Wildman–Crippen MR) is 61.1 cm³/mol. The molecule has 0 bridgehead atoms. The first kappa shape index (κ1) is 10.2. The van der Waals surface area contributed by atoms with Crippen molar-refractivity contribution in [1.82, 2.24) is 5.32 Å². The van der Waals surface area contributed by atoms with Crippen molar-refractivity contribution in [1.29, 1.82) is 0 Å². The van der Waals surface area contributed by atoms with E-state index in [1.165, 1.54) is 0 Å². The Bertz CT molecular complexity index is 356. The van der Waals surface area contributed by atoms with Crippen molar-refractivity contribution in [3.05, 3.63) is 29.8 Å². The SMILES string of the molecule is CN(C)c1ccc(C2NCCC2=O)cc1. The highest BCUT2D eigenvalue weighted by Gasteiger charge is 2.24. The third kappa shape index (κ3) is 2.02. The second-order valence-corrected chi connectivity index (χ2v) is 4.09. The number of rotatable bonds is 2. The van der Waals surface area contributed by atoms with Gasteiger partial charge in [-0.25, -0.2) is 0 Å². The van der Waals surface area contributed by atoms with Crippen LogP contribution < -0.4 is 10.2 Å². The first-order valence-electron chi connectivity index (χ1n) is 5.22. The lowest BCUT2D eigenvalue weighted by Gasteiger charge is -2.14. The molecule has 1 aromatic rings. The van der Waals surface area contributed by atoms with Gasteiger partial charge in [-0.3, -0.25) is 4.79 Å². The first-order valence-corrected chi connectivity index (χ1v) is 5.22. The molecule has 1 aliphatic rings. The van der Waals surface area contributed by atoms with E-state index in [2.05, 4.69) is 5.32 Å². The van der Waals surface area contributed by atoms with Crippen molar-refractivity contribution in [3.8, 4) is 0 Å². The maximum atomic E-state index is 11.5. The van der Waals surface area contributed by atoms with Gasteiger partial charge in [0.2, 0.25) is 0 Å². The Labute approximate surface area is 90.1 Å². The monoisotopic (exact) mass is 204 g/mol. The summed E-state index contributed by atoms with van der Waals surface area (Å²) in [6, 6.07) is 8.05. The molecule has 0 saturated carbocycles. The second kappa shape index (κ2) is 4.03. The zero-order valence-corrected chi connectivity index (χ0v) is 9.16. The Morgan fingerprint density at radius 2 is 1.93 bits per heavy atom. The van der Waals surface area contributed by atoms with Gasteiger partial charge in [0, 0.05) is 32.7 Å². The van der Waals surface area contributed by atoms with Gasteiger partial charge in [0.25, 0.3) is 0 Å². The van der Waals surface area contributed by atoms with Gasteiger partial charge in [0.15, 0.2) is 5.78 Å². The molecule has 1 unspecified atom stereocenters. The standard InChI is InChI=1S/C12H16N2O/c1-14(2)10-5-3-9(4-6-10)12-11(15)7-8-13-12/h3-6,12-13H,7-8H2,1-2H3. The smallest absolute Gasteiger partial charge is 0.155 e. The van der Waals surface area contributed by atoms with Crippen molar-refractivity contribution < 1.29 is 4.79 Å². The Morgan fingerprint density at radius 3 is 2.40 bits per heavy atom. The summed E-state index contributed by atoms with van der Waals surface area (Å²) >= 11 is 0. The third-order valence-electron chi connectivity index (χ3n) is 2.78. The van der Waals surface area contributed by atoms with Crippen molar-refractivity contribution >= 4 is 11.5 Å². The molecule has 80 valence electrons. The predicted octanol–water partition coefficient (Wildman–Crippen LogP) is 1.36. The van der Waals surface area contributed by atoms with Crippen LogP contribution in [0.5, 0.6) is 0 Å². The number of carbonyl (C=O) groups excluding carboxylic acids is 1. The fourth-order valence-electron chi connectivity index (χ4n) is 1.87. The van der Waals surface area contributed by atoms with E-state index in [1.807, 2.05) is 43.3 Å². The number of hydrogen-bond donors (Lipinski definition) is 1. The largest absolute Gasteiger partial charge is 0.378 e. The van der Waals surface area contributed by atoms with E-state index in [0.29, 0.717) is 12.2 Å². The molecule has 3 heteroatoms. The van der Waals surface area contributed by atoms with Gasteiger partial charge in [-0.05, 0) is 17.7 Å². The molecule has 1 heterocycles. The van der Waals surface area contributed by atoms with Gasteiger partial charge in [0.05, 0.1) is 6.04 Å². The van der Waals surface area contributed by atoms with Crippen LogP contribution in [0.4, 0.5) is 5.69 Å². The lowest BCUT2D eigenvalue weighted by Crippen LogP contribution is -2.17. The highest BCUT2D eigenvalue weighted by molar-refractivity contribution is 5.87. The molecule has 0 aliphatic carbocycles. The van der Waals surface area contributed by atoms with Crippen LogP contribution in [0.15, 0.2) is 24.3 Å². The maximum absolute atomic E-state index is 11.5. The summed E-state index contributed by atoms with van der Waals surface area (Å²) in [5, 5.41) is 3.21. The molecule has 0 aromatic heterocycles. The average Bonchev–Trinajstić information content (AvgIpc) is 2.65. The van der Waals surface area contributed by atoms with Gasteiger partial charge in [0.1, 0.15) is 0 Å². The number of nitrogens with zero attached hydrogens (tertiary/aromatic N) is 1. The third-order valence-corrected chi connectivity index (χ3v) is 2.78. The number of hydrogen-bond acceptors (Lipinski definition) is 3. The van der Waals surface area contributed by atoms with E-state index in [0.717, 1.165) is 17.8 Å². The molecule has 1 N–H and O–H groups in total. The van der Waals surface area contributed by atoms with Crippen molar-refractivity contribution in [2.45, 2.75) is 12.5 Å².